The van der Waals surface area contributed by atoms with Crippen LogP contribution in [0.1, 0.15) is 25.1 Å². The molecule has 102 valence electrons. The summed E-state index contributed by atoms with van der Waals surface area (Å²) in [7, 11) is 0. The van der Waals surface area contributed by atoms with Gasteiger partial charge in [0.1, 0.15) is 0 Å². The molecule has 0 unspecified atom stereocenters. The molecule has 3 heterocycles. The largest absolute Gasteiger partial charge is 0.319 e. The van der Waals surface area contributed by atoms with Crippen LogP contribution in [-0.4, -0.2) is 35.5 Å². The molecular weight excluding hydrogens is 234 g/mol. The molecule has 0 amide bonds. The zero-order valence-electron chi connectivity index (χ0n) is 12.1. The Kier molecular flexibility index (Phi) is 3.11. The van der Waals surface area contributed by atoms with Crippen LogP contribution in [0, 0.1) is 6.92 Å². The van der Waals surface area contributed by atoms with Gasteiger partial charge >= 0.3 is 0 Å². The van der Waals surface area contributed by atoms with E-state index in [9.17, 15) is 0 Å². The number of fused-ring (bicyclic) bond motifs is 1. The molecule has 1 saturated heterocycles. The van der Waals surface area contributed by atoms with Crippen molar-refractivity contribution in [1.82, 2.24) is 14.6 Å². The van der Waals surface area contributed by atoms with Gasteiger partial charge in [-0.3, -0.25) is 4.90 Å². The van der Waals surface area contributed by atoms with Gasteiger partial charge < -0.3 is 9.72 Å². The number of nitrogens with one attached hydrogen (secondary N) is 1. The van der Waals surface area contributed by atoms with Gasteiger partial charge in [0.05, 0.1) is 5.54 Å². The van der Waals surface area contributed by atoms with E-state index in [4.69, 9.17) is 0 Å². The average molecular weight is 257 g/mol. The van der Waals surface area contributed by atoms with Crippen molar-refractivity contribution in [3.05, 3.63) is 41.7 Å². The highest BCUT2D eigenvalue weighted by Gasteiger charge is 2.33. The minimum Gasteiger partial charge on any atom is -0.319 e. The Balaban J connectivity index is 2.09. The van der Waals surface area contributed by atoms with Gasteiger partial charge in [-0.2, -0.15) is 0 Å². The Hall–Kier alpha value is -1.32. The van der Waals surface area contributed by atoms with Crippen LogP contribution in [0.4, 0.5) is 0 Å². The SMILES string of the molecule is Cc1cc2ccccn2c1C(C)(C)N1CCNCC1. The van der Waals surface area contributed by atoms with Crippen LogP contribution in [0.15, 0.2) is 30.5 Å². The van der Waals surface area contributed by atoms with E-state index in [-0.39, 0.29) is 5.54 Å². The van der Waals surface area contributed by atoms with Crippen LogP contribution in [0.2, 0.25) is 0 Å². The summed E-state index contributed by atoms with van der Waals surface area (Å²) in [6.07, 6.45) is 2.18. The van der Waals surface area contributed by atoms with Crippen LogP contribution in [0.25, 0.3) is 5.52 Å². The average Bonchev–Trinajstić information content (AvgIpc) is 2.76. The zero-order valence-corrected chi connectivity index (χ0v) is 12.1. The molecule has 0 spiro atoms. The molecule has 0 bridgehead atoms. The van der Waals surface area contributed by atoms with Gasteiger partial charge in [-0.15, -0.1) is 0 Å². The van der Waals surface area contributed by atoms with Crippen molar-refractivity contribution in [3.63, 3.8) is 0 Å². The predicted molar refractivity (Wildman–Crippen MR) is 79.6 cm³/mol. The summed E-state index contributed by atoms with van der Waals surface area (Å²) in [5, 5.41) is 3.44. The van der Waals surface area contributed by atoms with Gasteiger partial charge in [0, 0.05) is 43.6 Å². The normalized spacial score (nSPS) is 18.1. The lowest BCUT2D eigenvalue weighted by Crippen LogP contribution is -2.52. The van der Waals surface area contributed by atoms with Crippen LogP contribution in [0.3, 0.4) is 0 Å². The summed E-state index contributed by atoms with van der Waals surface area (Å²) in [6.45, 7) is 11.3. The van der Waals surface area contributed by atoms with Gasteiger partial charge in [0.2, 0.25) is 0 Å². The Bertz CT molecular complexity index is 577. The van der Waals surface area contributed by atoms with E-state index >= 15 is 0 Å². The highest BCUT2D eigenvalue weighted by molar-refractivity contribution is 5.54. The molecule has 2 aromatic rings. The van der Waals surface area contributed by atoms with Crippen LogP contribution >= 0.6 is 0 Å². The Morgan fingerprint density at radius 3 is 2.63 bits per heavy atom. The topological polar surface area (TPSA) is 19.7 Å². The quantitative estimate of drug-likeness (QED) is 0.891. The van der Waals surface area contributed by atoms with E-state index in [0.717, 1.165) is 26.2 Å². The fourth-order valence-electron chi connectivity index (χ4n) is 3.41. The minimum atomic E-state index is 0.0694. The highest BCUT2D eigenvalue weighted by Crippen LogP contribution is 2.32. The van der Waals surface area contributed by atoms with Gasteiger partial charge in [-0.05, 0) is 44.5 Å². The van der Waals surface area contributed by atoms with E-state index in [1.54, 1.807) is 0 Å². The summed E-state index contributed by atoms with van der Waals surface area (Å²) in [5.41, 5.74) is 4.16. The predicted octanol–water partition coefficient (Wildman–Crippen LogP) is 2.39. The number of hydrogen-bond donors (Lipinski definition) is 1. The highest BCUT2D eigenvalue weighted by atomic mass is 15.2. The lowest BCUT2D eigenvalue weighted by molar-refractivity contribution is 0.0976. The van der Waals surface area contributed by atoms with E-state index in [1.807, 2.05) is 0 Å². The van der Waals surface area contributed by atoms with Gasteiger partial charge in [0.15, 0.2) is 0 Å². The number of rotatable bonds is 2. The molecule has 0 aromatic carbocycles. The molecule has 1 aliphatic heterocycles. The zero-order chi connectivity index (χ0) is 13.5. The molecule has 0 atom stereocenters. The molecule has 3 rings (SSSR count). The lowest BCUT2D eigenvalue weighted by atomic mass is 9.94. The first-order valence-electron chi connectivity index (χ1n) is 7.13. The summed E-state index contributed by atoms with van der Waals surface area (Å²) in [5.74, 6) is 0. The first-order chi connectivity index (χ1) is 9.10. The molecule has 3 nitrogen and oxygen atoms in total. The Morgan fingerprint density at radius 2 is 1.89 bits per heavy atom. The molecule has 2 aromatic heterocycles. The molecule has 0 aliphatic carbocycles. The third-order valence-electron chi connectivity index (χ3n) is 4.36. The molecular formula is C16H23N3. The standard InChI is InChI=1S/C16H23N3/c1-13-12-14-6-4-5-9-19(14)15(13)16(2,3)18-10-7-17-8-11-18/h4-6,9,12,17H,7-8,10-11H2,1-3H3. The van der Waals surface area contributed by atoms with Gasteiger partial charge in [0.25, 0.3) is 0 Å². The third-order valence-corrected chi connectivity index (χ3v) is 4.36. The maximum atomic E-state index is 3.44. The monoisotopic (exact) mass is 257 g/mol. The second kappa shape index (κ2) is 4.66. The van der Waals surface area contributed by atoms with E-state index in [2.05, 4.69) is 65.9 Å². The summed E-state index contributed by atoms with van der Waals surface area (Å²) in [6, 6.07) is 8.70. The Morgan fingerprint density at radius 1 is 1.16 bits per heavy atom. The number of hydrogen-bond acceptors (Lipinski definition) is 2. The van der Waals surface area contributed by atoms with Gasteiger partial charge in [-0.25, -0.2) is 0 Å². The molecule has 0 saturated carbocycles. The van der Waals surface area contributed by atoms with Crippen molar-refractivity contribution in [3.8, 4) is 0 Å². The van der Waals surface area contributed by atoms with Crippen molar-refractivity contribution >= 4 is 5.52 Å². The van der Waals surface area contributed by atoms with Crippen molar-refractivity contribution < 1.29 is 0 Å². The van der Waals surface area contributed by atoms with E-state index in [1.165, 1.54) is 16.8 Å². The van der Waals surface area contributed by atoms with Crippen LogP contribution < -0.4 is 5.32 Å². The van der Waals surface area contributed by atoms with Crippen molar-refractivity contribution in [2.24, 2.45) is 0 Å². The second-order valence-electron chi connectivity index (χ2n) is 5.97. The molecule has 1 fully saturated rings. The lowest BCUT2D eigenvalue weighted by Gasteiger charge is -2.41. The molecule has 0 radical (unpaired) electrons. The fourth-order valence-corrected chi connectivity index (χ4v) is 3.41. The van der Waals surface area contributed by atoms with Crippen LogP contribution in [-0.2, 0) is 5.54 Å². The van der Waals surface area contributed by atoms with Crippen molar-refractivity contribution in [1.29, 1.82) is 0 Å². The number of nitrogens with zero attached hydrogens (tertiary/aromatic N) is 2. The maximum Gasteiger partial charge on any atom is 0.0563 e. The summed E-state index contributed by atoms with van der Waals surface area (Å²) >= 11 is 0. The number of piperazine rings is 1. The summed E-state index contributed by atoms with van der Waals surface area (Å²) < 4.78 is 2.34. The van der Waals surface area contributed by atoms with Crippen molar-refractivity contribution in [2.75, 3.05) is 26.2 Å². The second-order valence-corrected chi connectivity index (χ2v) is 5.97. The molecule has 1 N–H and O–H groups in total. The number of aromatic nitrogens is 1. The van der Waals surface area contributed by atoms with E-state index in [0.29, 0.717) is 0 Å². The fraction of sp³-hybridized carbons (Fsp3) is 0.500. The Labute approximate surface area is 115 Å². The number of aryl methyl sites for hydroxylation is 1. The minimum absolute atomic E-state index is 0.0694. The maximum absolute atomic E-state index is 3.44. The molecule has 1 aliphatic rings. The van der Waals surface area contributed by atoms with Gasteiger partial charge in [-0.1, -0.05) is 6.07 Å². The molecule has 3 heteroatoms. The van der Waals surface area contributed by atoms with Crippen molar-refractivity contribution in [2.45, 2.75) is 26.3 Å². The third kappa shape index (κ3) is 2.07. The number of pyridine rings is 1. The smallest absolute Gasteiger partial charge is 0.0563 e. The summed E-state index contributed by atoms with van der Waals surface area (Å²) in [4.78, 5) is 2.59. The molecule has 19 heavy (non-hydrogen) atoms. The first-order valence-corrected chi connectivity index (χ1v) is 7.13. The van der Waals surface area contributed by atoms with Crippen LogP contribution in [0.5, 0.6) is 0 Å². The van der Waals surface area contributed by atoms with E-state index < -0.39 is 0 Å². The first kappa shape index (κ1) is 12.7.